The summed E-state index contributed by atoms with van der Waals surface area (Å²) in [6.45, 7) is 0.903. The average Bonchev–Trinajstić information content (AvgIpc) is 3.00. The highest BCUT2D eigenvalue weighted by atomic mass is 16.5. The van der Waals surface area contributed by atoms with Crippen molar-refractivity contribution in [2.75, 3.05) is 13.6 Å². The molecule has 114 valence electrons. The van der Waals surface area contributed by atoms with E-state index in [2.05, 4.69) is 4.90 Å². The lowest BCUT2D eigenvalue weighted by Crippen LogP contribution is -2.75. The van der Waals surface area contributed by atoms with Crippen molar-refractivity contribution in [2.24, 2.45) is 0 Å². The van der Waals surface area contributed by atoms with E-state index in [1.54, 1.807) is 6.07 Å². The topological polar surface area (TPSA) is 70.0 Å². The predicted molar refractivity (Wildman–Crippen MR) is 76.1 cm³/mol. The van der Waals surface area contributed by atoms with E-state index in [1.165, 1.54) is 5.56 Å². The van der Waals surface area contributed by atoms with Crippen LogP contribution >= 0.6 is 0 Å². The zero-order valence-corrected chi connectivity index (χ0v) is 12.3. The molecule has 1 saturated heterocycles. The highest BCUT2D eigenvalue weighted by Crippen LogP contribution is 2.77. The van der Waals surface area contributed by atoms with Gasteiger partial charge in [0.05, 0.1) is 17.1 Å². The van der Waals surface area contributed by atoms with Gasteiger partial charge in [-0.15, -0.1) is 0 Å². The van der Waals surface area contributed by atoms with Crippen molar-refractivity contribution in [1.29, 1.82) is 0 Å². The largest absolute Gasteiger partial charge is 0.504 e. The van der Waals surface area contributed by atoms with Crippen molar-refractivity contribution in [1.82, 2.24) is 4.90 Å². The van der Waals surface area contributed by atoms with Gasteiger partial charge in [0.25, 0.3) is 0 Å². The first-order valence-corrected chi connectivity index (χ1v) is 7.95. The summed E-state index contributed by atoms with van der Waals surface area (Å²) < 4.78 is 5.93. The Bertz CT molecular complexity index is 791. The number of hydrogen-bond acceptors (Lipinski definition) is 5. The van der Waals surface area contributed by atoms with Crippen molar-refractivity contribution in [3.8, 4) is 11.5 Å². The van der Waals surface area contributed by atoms with Gasteiger partial charge >= 0.3 is 0 Å². The first kappa shape index (κ1) is 11.9. The van der Waals surface area contributed by atoms with E-state index in [9.17, 15) is 15.0 Å². The summed E-state index contributed by atoms with van der Waals surface area (Å²) in [4.78, 5) is 14.7. The molecule has 2 bridgehead atoms. The Morgan fingerprint density at radius 3 is 3.00 bits per heavy atom. The summed E-state index contributed by atoms with van der Waals surface area (Å²) in [6.07, 6.45) is 0.990. The van der Waals surface area contributed by atoms with Crippen molar-refractivity contribution < 1.29 is 19.7 Å². The van der Waals surface area contributed by atoms with Crippen LogP contribution in [-0.4, -0.2) is 52.2 Å². The van der Waals surface area contributed by atoms with E-state index in [0.29, 0.717) is 18.6 Å². The van der Waals surface area contributed by atoms with Crippen LogP contribution in [-0.2, 0) is 15.6 Å². The molecule has 5 heteroatoms. The van der Waals surface area contributed by atoms with Crippen LogP contribution in [0.1, 0.15) is 30.4 Å². The Hall–Kier alpha value is -1.59. The second-order valence-corrected chi connectivity index (χ2v) is 7.85. The number of carbonyl (C=O) groups is 1. The van der Waals surface area contributed by atoms with Crippen LogP contribution < -0.4 is 4.74 Å². The van der Waals surface area contributed by atoms with Gasteiger partial charge in [-0.05, 0) is 31.5 Å². The van der Waals surface area contributed by atoms with Gasteiger partial charge in [-0.2, -0.15) is 0 Å². The molecule has 1 aromatic rings. The second-order valence-electron chi connectivity index (χ2n) is 7.85. The van der Waals surface area contributed by atoms with Crippen LogP contribution in [0.4, 0.5) is 0 Å². The van der Waals surface area contributed by atoms with Gasteiger partial charge in [-0.1, -0.05) is 6.07 Å². The number of aromatic hydroxyl groups is 1. The Kier molecular flexibility index (Phi) is 1.58. The molecule has 5 atom stereocenters. The number of ketones is 1. The van der Waals surface area contributed by atoms with Gasteiger partial charge in [-0.25, -0.2) is 0 Å². The van der Waals surface area contributed by atoms with Gasteiger partial charge in [0.1, 0.15) is 0 Å². The molecule has 22 heavy (non-hydrogen) atoms. The number of nitrogens with zero attached hydrogens (tertiary/aromatic N) is 1. The smallest absolute Gasteiger partial charge is 0.174 e. The predicted octanol–water partition coefficient (Wildman–Crippen LogP) is 0.454. The maximum atomic E-state index is 12.5. The molecule has 1 aromatic carbocycles. The zero-order valence-electron chi connectivity index (χ0n) is 12.3. The van der Waals surface area contributed by atoms with E-state index < -0.39 is 17.1 Å². The van der Waals surface area contributed by atoms with Gasteiger partial charge < -0.3 is 14.9 Å². The molecule has 0 aromatic heterocycles. The normalized spacial score (nSPS) is 49.6. The first-order chi connectivity index (χ1) is 10.5. The minimum absolute atomic E-state index is 0.0576. The van der Waals surface area contributed by atoms with Crippen LogP contribution in [0.2, 0.25) is 0 Å². The van der Waals surface area contributed by atoms with E-state index in [1.807, 2.05) is 13.1 Å². The van der Waals surface area contributed by atoms with Crippen LogP contribution in [0.5, 0.6) is 11.5 Å². The molecule has 2 saturated carbocycles. The van der Waals surface area contributed by atoms with Crippen LogP contribution in [0.25, 0.3) is 0 Å². The van der Waals surface area contributed by atoms with Gasteiger partial charge in [-0.3, -0.25) is 9.69 Å². The van der Waals surface area contributed by atoms with Gasteiger partial charge in [0.15, 0.2) is 23.4 Å². The molecule has 6 rings (SSSR count). The maximum absolute atomic E-state index is 12.5. The molecule has 2 N–H and O–H groups in total. The van der Waals surface area contributed by atoms with Crippen molar-refractivity contribution >= 4 is 5.78 Å². The summed E-state index contributed by atoms with van der Waals surface area (Å²) in [6, 6.07) is 3.71. The molecule has 2 heterocycles. The number of aliphatic hydroxyl groups is 1. The fourth-order valence-corrected chi connectivity index (χ4v) is 6.80. The highest BCUT2D eigenvalue weighted by molar-refractivity contribution is 5.91. The lowest BCUT2D eigenvalue weighted by molar-refractivity contribution is -0.164. The summed E-state index contributed by atoms with van der Waals surface area (Å²) in [7, 11) is 2.05. The number of fused-ring (bicyclic) bond motifs is 1. The van der Waals surface area contributed by atoms with Crippen LogP contribution in [0.3, 0.4) is 0 Å². The number of carbonyl (C=O) groups excluding carboxylic acids is 1. The SMILES string of the molecule is CN1CC23C[C@]45c6c2ccc(O)c6OC4C(=O)CC[C@@]5(O)C13. The molecular weight excluding hydrogens is 282 g/mol. The number of rotatable bonds is 0. The Balaban J connectivity index is 1.77. The number of ether oxygens (including phenoxy) is 1. The number of likely N-dealkylation sites (N-methyl/N-ethyl adjacent to an activating group) is 1. The van der Waals surface area contributed by atoms with E-state index >= 15 is 0 Å². The Morgan fingerprint density at radius 1 is 1.41 bits per heavy atom. The summed E-state index contributed by atoms with van der Waals surface area (Å²) in [5.74, 6) is 0.596. The number of Topliss-reactive ketones (excluding diaryl/α,β-unsaturated/α-hetero) is 1. The molecule has 5 aliphatic rings. The third-order valence-corrected chi connectivity index (χ3v) is 7.16. The summed E-state index contributed by atoms with van der Waals surface area (Å²) >= 11 is 0. The highest BCUT2D eigenvalue weighted by Gasteiger charge is 2.85. The minimum atomic E-state index is -0.926. The summed E-state index contributed by atoms with van der Waals surface area (Å²) in [5, 5.41) is 21.9. The maximum Gasteiger partial charge on any atom is 0.174 e. The third-order valence-electron chi connectivity index (χ3n) is 7.16. The third kappa shape index (κ3) is 0.802. The van der Waals surface area contributed by atoms with E-state index in [4.69, 9.17) is 4.74 Å². The molecule has 2 spiro atoms. The standard InChI is InChI=1S/C17H17NO4/c1-18-7-15-6-16-11-8(15)2-3-9(19)12(11)22-13(16)10(20)4-5-17(16,21)14(15)18/h2-3,13-14,19,21H,4-7H2,1H3/t13?,14?,15?,16-,17+/m0/s1. The second kappa shape index (κ2) is 2.93. The molecule has 3 aliphatic carbocycles. The molecule has 0 radical (unpaired) electrons. The molecule has 0 amide bonds. The van der Waals surface area contributed by atoms with Crippen molar-refractivity contribution in [3.05, 3.63) is 23.3 Å². The van der Waals surface area contributed by atoms with Crippen molar-refractivity contribution in [3.63, 3.8) is 0 Å². The molecular formula is C17H17NO4. The number of hydrogen-bond donors (Lipinski definition) is 2. The zero-order chi connectivity index (χ0) is 15.1. The lowest BCUT2D eigenvalue weighted by atomic mass is 9.55. The van der Waals surface area contributed by atoms with E-state index in [0.717, 1.165) is 18.5 Å². The minimum Gasteiger partial charge on any atom is -0.504 e. The average molecular weight is 299 g/mol. The molecule has 2 aliphatic heterocycles. The number of phenols is 1. The number of likely N-dealkylation sites (tertiary alicyclic amines) is 1. The fourth-order valence-electron chi connectivity index (χ4n) is 6.80. The van der Waals surface area contributed by atoms with Crippen LogP contribution in [0.15, 0.2) is 12.1 Å². The Morgan fingerprint density at radius 2 is 2.23 bits per heavy atom. The Labute approximate surface area is 127 Å². The fraction of sp³-hybridized carbons (Fsp3) is 0.588. The van der Waals surface area contributed by atoms with E-state index in [-0.39, 0.29) is 23.0 Å². The van der Waals surface area contributed by atoms with Crippen molar-refractivity contribution in [2.45, 2.75) is 47.8 Å². The quantitative estimate of drug-likeness (QED) is 0.728. The monoisotopic (exact) mass is 299 g/mol. The molecule has 3 fully saturated rings. The molecule has 3 unspecified atom stereocenters. The number of phenolic OH excluding ortho intramolecular Hbond substituents is 1. The van der Waals surface area contributed by atoms with Gasteiger partial charge in [0.2, 0.25) is 0 Å². The lowest BCUT2D eigenvalue weighted by Gasteiger charge is -2.60. The molecule has 5 nitrogen and oxygen atoms in total. The van der Waals surface area contributed by atoms with Gasteiger partial charge in [0, 0.05) is 23.9 Å². The number of benzene rings is 1. The first-order valence-electron chi connectivity index (χ1n) is 7.95. The summed E-state index contributed by atoms with van der Waals surface area (Å²) in [5.41, 5.74) is 0.461. The van der Waals surface area contributed by atoms with Crippen LogP contribution in [0, 0.1) is 0 Å².